The maximum atomic E-state index is 12.6. The fourth-order valence-corrected chi connectivity index (χ4v) is 3.07. The third-order valence-corrected chi connectivity index (χ3v) is 4.64. The van der Waals surface area contributed by atoms with Crippen molar-refractivity contribution in [1.82, 2.24) is 4.90 Å². The first-order valence-corrected chi connectivity index (χ1v) is 8.81. The standard InChI is InChI=1S/C20H25N3O4/c1-25-16-6-4-5-15(13-16)22-9-11-23(12-10-22)20(24)21-18-8-7-17(26-2)14-19(18)27-3/h4-8,13-14H,9-12H2,1-3H3,(H,21,24). The molecule has 1 fully saturated rings. The predicted octanol–water partition coefficient (Wildman–Crippen LogP) is 3.07. The number of piperazine rings is 1. The Morgan fingerprint density at radius 1 is 0.889 bits per heavy atom. The number of methoxy groups -OCH3 is 3. The van der Waals surface area contributed by atoms with Gasteiger partial charge < -0.3 is 29.3 Å². The Balaban J connectivity index is 1.60. The van der Waals surface area contributed by atoms with Crippen molar-refractivity contribution in [2.45, 2.75) is 0 Å². The van der Waals surface area contributed by atoms with Gasteiger partial charge >= 0.3 is 6.03 Å². The molecule has 0 aliphatic carbocycles. The topological polar surface area (TPSA) is 63.3 Å². The van der Waals surface area contributed by atoms with Gasteiger partial charge in [-0.05, 0) is 24.3 Å². The smallest absolute Gasteiger partial charge is 0.322 e. The average Bonchev–Trinajstić information content (AvgIpc) is 2.74. The van der Waals surface area contributed by atoms with Gasteiger partial charge in [-0.25, -0.2) is 4.79 Å². The lowest BCUT2D eigenvalue weighted by atomic mass is 10.2. The summed E-state index contributed by atoms with van der Waals surface area (Å²) in [4.78, 5) is 16.7. The number of anilines is 2. The molecule has 1 saturated heterocycles. The Bertz CT molecular complexity index is 789. The molecule has 1 heterocycles. The summed E-state index contributed by atoms with van der Waals surface area (Å²) >= 11 is 0. The van der Waals surface area contributed by atoms with Gasteiger partial charge in [-0.2, -0.15) is 0 Å². The third kappa shape index (κ3) is 4.36. The molecule has 3 rings (SSSR count). The highest BCUT2D eigenvalue weighted by Crippen LogP contribution is 2.29. The van der Waals surface area contributed by atoms with E-state index in [1.807, 2.05) is 18.2 Å². The van der Waals surface area contributed by atoms with Crippen molar-refractivity contribution in [2.75, 3.05) is 57.7 Å². The number of urea groups is 1. The summed E-state index contributed by atoms with van der Waals surface area (Å²) in [6.07, 6.45) is 0. The Labute approximate surface area is 159 Å². The summed E-state index contributed by atoms with van der Waals surface area (Å²) in [6.45, 7) is 2.81. The van der Waals surface area contributed by atoms with Gasteiger partial charge in [0.05, 0.1) is 27.0 Å². The lowest BCUT2D eigenvalue weighted by Gasteiger charge is -2.36. The summed E-state index contributed by atoms with van der Waals surface area (Å²) in [5.41, 5.74) is 1.73. The molecule has 27 heavy (non-hydrogen) atoms. The van der Waals surface area contributed by atoms with Crippen LogP contribution in [0, 0.1) is 0 Å². The van der Waals surface area contributed by atoms with Crippen molar-refractivity contribution in [1.29, 1.82) is 0 Å². The quantitative estimate of drug-likeness (QED) is 0.875. The van der Waals surface area contributed by atoms with E-state index in [1.54, 1.807) is 44.4 Å². The van der Waals surface area contributed by atoms with Gasteiger partial charge in [0.25, 0.3) is 0 Å². The van der Waals surface area contributed by atoms with Crippen molar-refractivity contribution in [3.8, 4) is 17.2 Å². The highest BCUT2D eigenvalue weighted by Gasteiger charge is 2.22. The molecule has 2 amide bonds. The third-order valence-electron chi connectivity index (χ3n) is 4.64. The van der Waals surface area contributed by atoms with E-state index in [2.05, 4.69) is 16.3 Å². The molecule has 1 N–H and O–H groups in total. The molecule has 0 aromatic heterocycles. The number of carbonyl (C=O) groups is 1. The Morgan fingerprint density at radius 3 is 2.26 bits per heavy atom. The summed E-state index contributed by atoms with van der Waals surface area (Å²) in [6, 6.07) is 13.2. The van der Waals surface area contributed by atoms with Gasteiger partial charge in [0.1, 0.15) is 17.2 Å². The van der Waals surface area contributed by atoms with Crippen LogP contribution in [0.2, 0.25) is 0 Å². The molecule has 0 unspecified atom stereocenters. The fraction of sp³-hybridized carbons (Fsp3) is 0.350. The van der Waals surface area contributed by atoms with E-state index < -0.39 is 0 Å². The number of hydrogen-bond donors (Lipinski definition) is 1. The van der Waals surface area contributed by atoms with Gasteiger partial charge in [0.15, 0.2) is 0 Å². The van der Waals surface area contributed by atoms with E-state index in [1.165, 1.54) is 0 Å². The lowest BCUT2D eigenvalue weighted by molar-refractivity contribution is 0.208. The maximum Gasteiger partial charge on any atom is 0.322 e. The van der Waals surface area contributed by atoms with Gasteiger partial charge in [0.2, 0.25) is 0 Å². The van der Waals surface area contributed by atoms with E-state index in [0.717, 1.165) is 24.5 Å². The van der Waals surface area contributed by atoms with Crippen LogP contribution in [-0.4, -0.2) is 58.4 Å². The van der Waals surface area contributed by atoms with Gasteiger partial charge in [-0.3, -0.25) is 0 Å². The van der Waals surface area contributed by atoms with Gasteiger partial charge in [0, 0.05) is 44.0 Å². The first-order valence-electron chi connectivity index (χ1n) is 8.81. The number of hydrogen-bond acceptors (Lipinski definition) is 5. The van der Waals surface area contributed by atoms with Crippen LogP contribution in [0.4, 0.5) is 16.2 Å². The molecule has 2 aromatic rings. The van der Waals surface area contributed by atoms with Crippen LogP contribution in [0.1, 0.15) is 0 Å². The monoisotopic (exact) mass is 371 g/mol. The van der Waals surface area contributed by atoms with Crippen molar-refractivity contribution < 1.29 is 19.0 Å². The Kier molecular flexibility index (Phi) is 5.90. The molecule has 1 aliphatic heterocycles. The van der Waals surface area contributed by atoms with Crippen LogP contribution < -0.4 is 24.4 Å². The molecular formula is C20H25N3O4. The first kappa shape index (κ1) is 18.7. The largest absolute Gasteiger partial charge is 0.497 e. The summed E-state index contributed by atoms with van der Waals surface area (Å²) < 4.78 is 15.8. The van der Waals surface area contributed by atoms with Crippen molar-refractivity contribution in [3.05, 3.63) is 42.5 Å². The second kappa shape index (κ2) is 8.53. The van der Waals surface area contributed by atoms with Crippen molar-refractivity contribution in [3.63, 3.8) is 0 Å². The van der Waals surface area contributed by atoms with E-state index in [-0.39, 0.29) is 6.03 Å². The van der Waals surface area contributed by atoms with Crippen molar-refractivity contribution in [2.24, 2.45) is 0 Å². The molecule has 0 atom stereocenters. The fourth-order valence-electron chi connectivity index (χ4n) is 3.07. The molecule has 1 aliphatic rings. The Hall–Kier alpha value is -3.09. The van der Waals surface area contributed by atoms with E-state index in [9.17, 15) is 4.79 Å². The second-order valence-electron chi connectivity index (χ2n) is 6.17. The average molecular weight is 371 g/mol. The molecule has 7 heteroatoms. The summed E-state index contributed by atoms with van der Waals surface area (Å²) in [5.74, 6) is 2.08. The van der Waals surface area contributed by atoms with Crippen LogP contribution in [0.25, 0.3) is 0 Å². The number of carbonyl (C=O) groups excluding carboxylic acids is 1. The van der Waals surface area contributed by atoms with Crippen LogP contribution in [0.15, 0.2) is 42.5 Å². The number of ether oxygens (including phenoxy) is 3. The molecule has 0 radical (unpaired) electrons. The second-order valence-corrected chi connectivity index (χ2v) is 6.17. The highest BCUT2D eigenvalue weighted by atomic mass is 16.5. The zero-order valence-corrected chi connectivity index (χ0v) is 15.9. The normalized spacial score (nSPS) is 13.9. The minimum Gasteiger partial charge on any atom is -0.497 e. The molecule has 7 nitrogen and oxygen atoms in total. The zero-order chi connectivity index (χ0) is 19.2. The van der Waals surface area contributed by atoms with Gasteiger partial charge in [-0.1, -0.05) is 6.07 Å². The number of rotatable bonds is 5. The molecule has 0 saturated carbocycles. The lowest BCUT2D eigenvalue weighted by Crippen LogP contribution is -2.50. The molecular weight excluding hydrogens is 346 g/mol. The molecule has 144 valence electrons. The van der Waals surface area contributed by atoms with E-state index in [0.29, 0.717) is 30.3 Å². The Morgan fingerprint density at radius 2 is 1.59 bits per heavy atom. The van der Waals surface area contributed by atoms with Crippen LogP contribution >= 0.6 is 0 Å². The number of nitrogens with zero attached hydrogens (tertiary/aromatic N) is 2. The van der Waals surface area contributed by atoms with Gasteiger partial charge in [-0.15, -0.1) is 0 Å². The number of nitrogens with one attached hydrogen (secondary N) is 1. The molecule has 0 bridgehead atoms. The number of benzene rings is 2. The SMILES string of the molecule is COc1cccc(N2CCN(C(=O)Nc3ccc(OC)cc3OC)CC2)c1. The maximum absolute atomic E-state index is 12.6. The molecule has 0 spiro atoms. The minimum absolute atomic E-state index is 0.135. The molecule has 2 aromatic carbocycles. The van der Waals surface area contributed by atoms with E-state index in [4.69, 9.17) is 14.2 Å². The van der Waals surface area contributed by atoms with Crippen LogP contribution in [0.3, 0.4) is 0 Å². The summed E-state index contributed by atoms with van der Waals surface area (Å²) in [7, 11) is 4.82. The predicted molar refractivity (Wildman–Crippen MR) is 105 cm³/mol. The van der Waals surface area contributed by atoms with Crippen LogP contribution in [-0.2, 0) is 0 Å². The zero-order valence-electron chi connectivity index (χ0n) is 15.9. The minimum atomic E-state index is -0.135. The van der Waals surface area contributed by atoms with Crippen LogP contribution in [0.5, 0.6) is 17.2 Å². The van der Waals surface area contributed by atoms with E-state index >= 15 is 0 Å². The highest BCUT2D eigenvalue weighted by molar-refractivity contribution is 5.91. The summed E-state index contributed by atoms with van der Waals surface area (Å²) in [5, 5.41) is 2.92. The first-order chi connectivity index (χ1) is 13.1. The van der Waals surface area contributed by atoms with Crippen molar-refractivity contribution >= 4 is 17.4 Å². The number of amides is 2.